The van der Waals surface area contributed by atoms with Crippen molar-refractivity contribution in [3.05, 3.63) is 23.8 Å². The second-order valence-electron chi connectivity index (χ2n) is 5.80. The summed E-state index contributed by atoms with van der Waals surface area (Å²) in [6.07, 6.45) is 5.27. The first kappa shape index (κ1) is 15.3. The van der Waals surface area contributed by atoms with Crippen LogP contribution in [0, 0.1) is 12.8 Å². The van der Waals surface area contributed by atoms with Crippen LogP contribution in [0.1, 0.15) is 44.6 Å². The summed E-state index contributed by atoms with van der Waals surface area (Å²) < 4.78 is 27.7. The highest BCUT2D eigenvalue weighted by molar-refractivity contribution is 7.89. The lowest BCUT2D eigenvalue weighted by atomic mass is 9.85. The lowest BCUT2D eigenvalue weighted by molar-refractivity contribution is 0.301. The van der Waals surface area contributed by atoms with Crippen molar-refractivity contribution in [3.63, 3.8) is 0 Å². The number of aryl methyl sites for hydroxylation is 1. The Morgan fingerprint density at radius 1 is 1.35 bits per heavy atom. The van der Waals surface area contributed by atoms with Crippen molar-refractivity contribution < 1.29 is 8.42 Å². The Hall–Kier alpha value is -1.07. The molecule has 0 aromatic heterocycles. The molecule has 3 N–H and O–H groups in total. The minimum Gasteiger partial charge on any atom is -0.398 e. The molecular weight excluding hydrogens is 272 g/mol. The average Bonchev–Trinajstić information content (AvgIpc) is 2.37. The van der Waals surface area contributed by atoms with Crippen LogP contribution in [-0.4, -0.2) is 14.5 Å². The Bertz CT molecular complexity index is 569. The topological polar surface area (TPSA) is 72.2 Å². The van der Waals surface area contributed by atoms with E-state index in [0.29, 0.717) is 11.6 Å². The van der Waals surface area contributed by atoms with E-state index in [9.17, 15) is 8.42 Å². The fraction of sp³-hybridized carbons (Fsp3) is 0.600. The molecule has 4 nitrogen and oxygen atoms in total. The van der Waals surface area contributed by atoms with Gasteiger partial charge in [-0.05, 0) is 43.4 Å². The molecule has 1 aliphatic rings. The number of hydrogen-bond donors (Lipinski definition) is 2. The zero-order chi connectivity index (χ0) is 14.8. The first-order valence-corrected chi connectivity index (χ1v) is 8.79. The molecule has 1 fully saturated rings. The van der Waals surface area contributed by atoms with Crippen molar-refractivity contribution in [3.8, 4) is 0 Å². The summed E-state index contributed by atoms with van der Waals surface area (Å²) in [7, 11) is -3.51. The molecule has 20 heavy (non-hydrogen) atoms. The number of nitrogens with one attached hydrogen (secondary N) is 1. The summed E-state index contributed by atoms with van der Waals surface area (Å²) in [5.74, 6) is 0.631. The maximum absolute atomic E-state index is 12.4. The molecule has 2 unspecified atom stereocenters. The Kier molecular flexibility index (Phi) is 4.70. The highest BCUT2D eigenvalue weighted by atomic mass is 32.2. The van der Waals surface area contributed by atoms with Crippen molar-refractivity contribution in [2.24, 2.45) is 5.92 Å². The quantitative estimate of drug-likeness (QED) is 0.839. The smallest absolute Gasteiger partial charge is 0.242 e. The molecule has 1 aliphatic carbocycles. The van der Waals surface area contributed by atoms with Crippen LogP contribution in [0.25, 0.3) is 0 Å². The number of nitrogen functional groups attached to an aromatic ring is 1. The molecule has 5 heteroatoms. The van der Waals surface area contributed by atoms with Gasteiger partial charge in [-0.3, -0.25) is 0 Å². The summed E-state index contributed by atoms with van der Waals surface area (Å²) in [6, 6.07) is 5.11. The monoisotopic (exact) mass is 296 g/mol. The molecule has 2 rings (SSSR count). The number of rotatable bonds is 4. The first-order chi connectivity index (χ1) is 9.42. The molecular formula is C15H24N2O2S. The average molecular weight is 296 g/mol. The van der Waals surface area contributed by atoms with E-state index >= 15 is 0 Å². The molecule has 1 aromatic rings. The molecule has 2 atom stereocenters. The molecule has 0 aliphatic heterocycles. The van der Waals surface area contributed by atoms with Gasteiger partial charge in [0.2, 0.25) is 10.0 Å². The van der Waals surface area contributed by atoms with Crippen LogP contribution in [0.5, 0.6) is 0 Å². The van der Waals surface area contributed by atoms with E-state index in [2.05, 4.69) is 11.6 Å². The number of hydrogen-bond acceptors (Lipinski definition) is 3. The highest BCUT2D eigenvalue weighted by Crippen LogP contribution is 2.28. The van der Waals surface area contributed by atoms with E-state index in [4.69, 9.17) is 5.73 Å². The van der Waals surface area contributed by atoms with Gasteiger partial charge in [0, 0.05) is 6.04 Å². The lowest BCUT2D eigenvalue weighted by Gasteiger charge is -2.29. The third-order valence-corrected chi connectivity index (χ3v) is 5.73. The molecule has 1 saturated carbocycles. The van der Waals surface area contributed by atoms with E-state index < -0.39 is 10.0 Å². The van der Waals surface area contributed by atoms with E-state index in [1.165, 1.54) is 6.42 Å². The van der Waals surface area contributed by atoms with Crippen molar-refractivity contribution in [1.29, 1.82) is 0 Å². The van der Waals surface area contributed by atoms with E-state index in [1.54, 1.807) is 18.2 Å². The van der Waals surface area contributed by atoms with Gasteiger partial charge in [-0.2, -0.15) is 0 Å². The first-order valence-electron chi connectivity index (χ1n) is 7.31. The molecule has 0 bridgehead atoms. The SMILES string of the molecule is CCC1CCCC(NS(=O)(=O)c2ccc(C)cc2N)C1. The summed E-state index contributed by atoms with van der Waals surface area (Å²) in [6.45, 7) is 4.06. The molecule has 0 radical (unpaired) electrons. The molecule has 1 aromatic carbocycles. The van der Waals surface area contributed by atoms with Crippen molar-refractivity contribution in [2.45, 2.75) is 56.9 Å². The summed E-state index contributed by atoms with van der Waals surface area (Å²) in [5.41, 5.74) is 7.13. The van der Waals surface area contributed by atoms with Crippen LogP contribution in [0.2, 0.25) is 0 Å². The molecule has 0 saturated heterocycles. The van der Waals surface area contributed by atoms with Gasteiger partial charge in [0.15, 0.2) is 0 Å². The van der Waals surface area contributed by atoms with Crippen LogP contribution in [0.15, 0.2) is 23.1 Å². The van der Waals surface area contributed by atoms with Crippen LogP contribution in [-0.2, 0) is 10.0 Å². The minimum absolute atomic E-state index is 0.0411. The van der Waals surface area contributed by atoms with Gasteiger partial charge in [0.25, 0.3) is 0 Å². The van der Waals surface area contributed by atoms with Crippen LogP contribution >= 0.6 is 0 Å². The lowest BCUT2D eigenvalue weighted by Crippen LogP contribution is -2.38. The minimum atomic E-state index is -3.51. The molecule has 0 amide bonds. The van der Waals surface area contributed by atoms with Gasteiger partial charge in [-0.25, -0.2) is 13.1 Å². The predicted octanol–water partition coefficient (Wildman–Crippen LogP) is 2.82. The maximum atomic E-state index is 12.4. The van der Waals surface area contributed by atoms with Crippen molar-refractivity contribution in [2.75, 3.05) is 5.73 Å². The highest BCUT2D eigenvalue weighted by Gasteiger charge is 2.26. The van der Waals surface area contributed by atoms with Gasteiger partial charge in [0.1, 0.15) is 4.90 Å². The molecule has 112 valence electrons. The van der Waals surface area contributed by atoms with Gasteiger partial charge in [0.05, 0.1) is 5.69 Å². The predicted molar refractivity (Wildman–Crippen MR) is 81.9 cm³/mol. The largest absolute Gasteiger partial charge is 0.398 e. The third kappa shape index (κ3) is 3.52. The maximum Gasteiger partial charge on any atom is 0.242 e. The standard InChI is InChI=1S/C15H24N2O2S/c1-3-12-5-4-6-13(10-12)17-20(18,19)15-8-7-11(2)9-14(15)16/h7-9,12-13,17H,3-6,10,16H2,1-2H3. The summed E-state index contributed by atoms with van der Waals surface area (Å²) >= 11 is 0. The normalized spacial score (nSPS) is 23.7. The van der Waals surface area contributed by atoms with Crippen LogP contribution < -0.4 is 10.5 Å². The summed E-state index contributed by atoms with van der Waals surface area (Å²) in [5, 5.41) is 0. The Balaban J connectivity index is 2.14. The van der Waals surface area contributed by atoms with E-state index in [1.807, 2.05) is 6.92 Å². The van der Waals surface area contributed by atoms with Crippen LogP contribution in [0.3, 0.4) is 0 Å². The Labute approximate surface area is 121 Å². The number of anilines is 1. The van der Waals surface area contributed by atoms with E-state index in [-0.39, 0.29) is 10.9 Å². The zero-order valence-corrected chi connectivity index (χ0v) is 13.0. The number of nitrogens with two attached hydrogens (primary N) is 1. The summed E-state index contributed by atoms with van der Waals surface area (Å²) in [4.78, 5) is 0.196. The number of benzene rings is 1. The fourth-order valence-electron chi connectivity index (χ4n) is 2.96. The Morgan fingerprint density at radius 3 is 2.75 bits per heavy atom. The third-order valence-electron chi connectivity index (χ3n) is 4.14. The van der Waals surface area contributed by atoms with Crippen molar-refractivity contribution >= 4 is 15.7 Å². The number of sulfonamides is 1. The zero-order valence-electron chi connectivity index (χ0n) is 12.2. The Morgan fingerprint density at radius 2 is 2.10 bits per heavy atom. The van der Waals surface area contributed by atoms with E-state index in [0.717, 1.165) is 31.2 Å². The van der Waals surface area contributed by atoms with Crippen LogP contribution in [0.4, 0.5) is 5.69 Å². The molecule has 0 spiro atoms. The second kappa shape index (κ2) is 6.14. The molecule has 0 heterocycles. The van der Waals surface area contributed by atoms with Gasteiger partial charge >= 0.3 is 0 Å². The second-order valence-corrected chi connectivity index (χ2v) is 7.48. The fourth-order valence-corrected chi connectivity index (χ4v) is 4.36. The van der Waals surface area contributed by atoms with Crippen molar-refractivity contribution in [1.82, 2.24) is 4.72 Å². The van der Waals surface area contributed by atoms with Gasteiger partial charge in [-0.1, -0.05) is 32.3 Å². The van der Waals surface area contributed by atoms with Gasteiger partial charge in [-0.15, -0.1) is 0 Å². The van der Waals surface area contributed by atoms with Gasteiger partial charge < -0.3 is 5.73 Å².